The number of nitrogens with one attached hydrogen (secondary N) is 2. The zero-order valence-corrected chi connectivity index (χ0v) is 13.7. The van der Waals surface area contributed by atoms with Gasteiger partial charge in [0, 0.05) is 29.0 Å². The van der Waals surface area contributed by atoms with Gasteiger partial charge in [-0.1, -0.05) is 0 Å². The summed E-state index contributed by atoms with van der Waals surface area (Å²) >= 11 is 3.22. The zero-order chi connectivity index (χ0) is 13.2. The number of hydrogen-bond donors (Lipinski definition) is 2. The number of sulfonamides is 1. The van der Waals surface area contributed by atoms with Gasteiger partial charge < -0.3 is 5.32 Å². The van der Waals surface area contributed by atoms with Crippen molar-refractivity contribution >= 4 is 38.4 Å². The average molecular weight is 371 g/mol. The number of piperidine rings is 1. The van der Waals surface area contributed by atoms with E-state index in [9.17, 15) is 8.42 Å². The third-order valence-corrected chi connectivity index (χ3v) is 4.86. The maximum atomic E-state index is 12.2. The lowest BCUT2D eigenvalue weighted by Gasteiger charge is -2.28. The molecule has 1 aliphatic heterocycles. The fourth-order valence-corrected chi connectivity index (χ4v) is 3.85. The third kappa shape index (κ3) is 4.68. The van der Waals surface area contributed by atoms with Crippen molar-refractivity contribution in [3.8, 4) is 0 Å². The molecule has 5 nitrogen and oxygen atoms in total. The molecule has 2 N–H and O–H groups in total. The number of aromatic nitrogens is 1. The van der Waals surface area contributed by atoms with E-state index in [0.717, 1.165) is 19.4 Å². The standard InChI is InChI=1S/C11H16BrN3O2S.ClH/c1-8-4-10(2-3-14-8)15-18(16,17)11-5-9(12)6-13-7-11;/h5-8,10,14-15H,2-4H2,1H3;1H. The topological polar surface area (TPSA) is 71.1 Å². The molecule has 0 saturated carbocycles. The van der Waals surface area contributed by atoms with Crippen LogP contribution in [0.4, 0.5) is 0 Å². The molecule has 0 aliphatic carbocycles. The van der Waals surface area contributed by atoms with E-state index in [4.69, 9.17) is 0 Å². The van der Waals surface area contributed by atoms with Gasteiger partial charge in [-0.3, -0.25) is 4.98 Å². The first-order valence-electron chi connectivity index (χ1n) is 5.83. The molecule has 2 heterocycles. The zero-order valence-electron chi connectivity index (χ0n) is 10.5. The smallest absolute Gasteiger partial charge is 0.242 e. The van der Waals surface area contributed by atoms with Crippen LogP contribution in [0, 0.1) is 0 Å². The number of nitrogens with zero attached hydrogens (tertiary/aromatic N) is 1. The molecule has 0 radical (unpaired) electrons. The molecule has 0 spiro atoms. The van der Waals surface area contributed by atoms with Crippen LogP contribution in [0.25, 0.3) is 0 Å². The van der Waals surface area contributed by atoms with Crippen LogP contribution in [0.5, 0.6) is 0 Å². The quantitative estimate of drug-likeness (QED) is 0.849. The minimum Gasteiger partial charge on any atom is -0.314 e. The monoisotopic (exact) mass is 369 g/mol. The summed E-state index contributed by atoms with van der Waals surface area (Å²) in [6.07, 6.45) is 4.54. The molecule has 0 amide bonds. The summed E-state index contributed by atoms with van der Waals surface area (Å²) < 4.78 is 27.7. The van der Waals surface area contributed by atoms with Crippen LogP contribution in [0.15, 0.2) is 27.8 Å². The molecule has 0 aromatic carbocycles. The van der Waals surface area contributed by atoms with Gasteiger partial charge in [-0.2, -0.15) is 0 Å². The van der Waals surface area contributed by atoms with Gasteiger partial charge in [0.15, 0.2) is 0 Å². The van der Waals surface area contributed by atoms with Crippen LogP contribution in [0.2, 0.25) is 0 Å². The van der Waals surface area contributed by atoms with Crippen molar-refractivity contribution in [3.63, 3.8) is 0 Å². The Morgan fingerprint density at radius 1 is 1.47 bits per heavy atom. The van der Waals surface area contributed by atoms with Gasteiger partial charge in [0.05, 0.1) is 0 Å². The van der Waals surface area contributed by atoms with Crippen LogP contribution in [0.3, 0.4) is 0 Å². The second kappa shape index (κ2) is 6.99. The van der Waals surface area contributed by atoms with Gasteiger partial charge in [-0.05, 0) is 48.3 Å². The summed E-state index contributed by atoms with van der Waals surface area (Å²) in [5.74, 6) is 0. The van der Waals surface area contributed by atoms with Crippen molar-refractivity contribution < 1.29 is 8.42 Å². The van der Waals surface area contributed by atoms with Crippen molar-refractivity contribution in [1.29, 1.82) is 0 Å². The van der Waals surface area contributed by atoms with E-state index in [1.807, 2.05) is 0 Å². The Hall–Kier alpha value is -0.210. The highest BCUT2D eigenvalue weighted by molar-refractivity contribution is 9.10. The van der Waals surface area contributed by atoms with E-state index in [1.54, 1.807) is 12.3 Å². The molecule has 1 aromatic rings. The maximum Gasteiger partial charge on any atom is 0.242 e. The molecule has 8 heteroatoms. The van der Waals surface area contributed by atoms with Gasteiger partial charge in [-0.15, -0.1) is 12.4 Å². The second-order valence-electron chi connectivity index (χ2n) is 4.54. The van der Waals surface area contributed by atoms with Crippen molar-refractivity contribution in [2.75, 3.05) is 6.54 Å². The Morgan fingerprint density at radius 3 is 2.84 bits per heavy atom. The Morgan fingerprint density at radius 2 is 2.21 bits per heavy atom. The van der Waals surface area contributed by atoms with E-state index in [-0.39, 0.29) is 23.3 Å². The van der Waals surface area contributed by atoms with Crippen LogP contribution >= 0.6 is 28.3 Å². The molecule has 2 unspecified atom stereocenters. The van der Waals surface area contributed by atoms with E-state index in [2.05, 4.69) is 37.9 Å². The molecule has 1 aliphatic rings. The van der Waals surface area contributed by atoms with Gasteiger partial charge in [0.2, 0.25) is 10.0 Å². The van der Waals surface area contributed by atoms with Crippen LogP contribution in [-0.2, 0) is 10.0 Å². The van der Waals surface area contributed by atoms with E-state index in [1.165, 1.54) is 6.20 Å². The number of halogens is 2. The molecule has 1 fully saturated rings. The summed E-state index contributed by atoms with van der Waals surface area (Å²) in [5.41, 5.74) is 0. The highest BCUT2D eigenvalue weighted by atomic mass is 79.9. The van der Waals surface area contributed by atoms with Crippen molar-refractivity contribution in [2.24, 2.45) is 0 Å². The number of hydrogen-bond acceptors (Lipinski definition) is 4. The summed E-state index contributed by atoms with van der Waals surface area (Å²) in [5, 5.41) is 3.29. The summed E-state index contributed by atoms with van der Waals surface area (Å²) in [6.45, 7) is 2.90. The van der Waals surface area contributed by atoms with Crippen molar-refractivity contribution in [3.05, 3.63) is 22.9 Å². The second-order valence-corrected chi connectivity index (χ2v) is 7.17. The normalized spacial score (nSPS) is 23.7. The first-order chi connectivity index (χ1) is 8.47. The van der Waals surface area contributed by atoms with Gasteiger partial charge >= 0.3 is 0 Å². The fourth-order valence-electron chi connectivity index (χ4n) is 2.07. The lowest BCUT2D eigenvalue weighted by Crippen LogP contribution is -2.46. The molecule has 2 rings (SSSR count). The van der Waals surface area contributed by atoms with Crippen molar-refractivity contribution in [2.45, 2.75) is 36.7 Å². The minimum atomic E-state index is -3.48. The lowest BCUT2D eigenvalue weighted by atomic mass is 10.0. The van der Waals surface area contributed by atoms with Crippen LogP contribution in [0.1, 0.15) is 19.8 Å². The predicted octanol–water partition coefficient (Wildman–Crippen LogP) is 1.68. The summed E-state index contributed by atoms with van der Waals surface area (Å²) in [7, 11) is -3.48. The first-order valence-corrected chi connectivity index (χ1v) is 8.11. The number of rotatable bonds is 3. The Balaban J connectivity index is 0.00000180. The molecule has 1 aromatic heterocycles. The molecule has 2 atom stereocenters. The molecule has 19 heavy (non-hydrogen) atoms. The van der Waals surface area contributed by atoms with Gasteiger partial charge in [-0.25, -0.2) is 13.1 Å². The first kappa shape index (κ1) is 16.8. The van der Waals surface area contributed by atoms with Crippen molar-refractivity contribution in [1.82, 2.24) is 15.0 Å². The molecule has 0 bridgehead atoms. The third-order valence-electron chi connectivity index (χ3n) is 2.94. The lowest BCUT2D eigenvalue weighted by molar-refractivity contribution is 0.361. The predicted molar refractivity (Wildman–Crippen MR) is 80.0 cm³/mol. The van der Waals surface area contributed by atoms with E-state index < -0.39 is 10.0 Å². The van der Waals surface area contributed by atoms with E-state index in [0.29, 0.717) is 10.5 Å². The van der Waals surface area contributed by atoms with Gasteiger partial charge in [0.25, 0.3) is 0 Å². The SMILES string of the molecule is CC1CC(NS(=O)(=O)c2cncc(Br)c2)CCN1.Cl. The molecular formula is C11H17BrClN3O2S. The Kier molecular flexibility index (Phi) is 6.19. The van der Waals surface area contributed by atoms with Crippen LogP contribution < -0.4 is 10.0 Å². The molecular weight excluding hydrogens is 354 g/mol. The average Bonchev–Trinajstić information content (AvgIpc) is 2.28. The molecule has 1 saturated heterocycles. The van der Waals surface area contributed by atoms with Gasteiger partial charge in [0.1, 0.15) is 4.90 Å². The summed E-state index contributed by atoms with van der Waals surface area (Å²) in [6, 6.07) is 1.89. The highest BCUT2D eigenvalue weighted by Crippen LogP contribution is 2.16. The Labute approximate surface area is 128 Å². The largest absolute Gasteiger partial charge is 0.314 e. The van der Waals surface area contributed by atoms with E-state index >= 15 is 0 Å². The Bertz CT molecular complexity index is 526. The molecule has 108 valence electrons. The maximum absolute atomic E-state index is 12.2. The highest BCUT2D eigenvalue weighted by Gasteiger charge is 2.24. The minimum absolute atomic E-state index is 0. The van der Waals surface area contributed by atoms with Crippen LogP contribution in [-0.4, -0.2) is 32.0 Å². The number of pyridine rings is 1. The summed E-state index contributed by atoms with van der Waals surface area (Å²) in [4.78, 5) is 4.08. The fraction of sp³-hybridized carbons (Fsp3) is 0.545.